The minimum Gasteiger partial charge on any atom is -0.341 e. The summed E-state index contributed by atoms with van der Waals surface area (Å²) in [6.45, 7) is 4.95. The third kappa shape index (κ3) is 5.58. The predicted molar refractivity (Wildman–Crippen MR) is 100 cm³/mol. The van der Waals surface area contributed by atoms with Crippen LogP contribution in [-0.2, 0) is 11.2 Å². The number of likely N-dealkylation sites (N-methyl/N-ethyl adjacent to an activating group) is 1. The zero-order chi connectivity index (χ0) is 18.9. The Morgan fingerprint density at radius 1 is 1.00 bits per heavy atom. The van der Waals surface area contributed by atoms with Crippen molar-refractivity contribution in [3.05, 3.63) is 66.0 Å². The van der Waals surface area contributed by atoms with Gasteiger partial charge in [-0.15, -0.1) is 0 Å². The Labute approximate surface area is 153 Å². The number of rotatable bonds is 7. The summed E-state index contributed by atoms with van der Waals surface area (Å²) >= 11 is 0. The summed E-state index contributed by atoms with van der Waals surface area (Å²) in [6, 6.07) is 13.8. The Morgan fingerprint density at radius 3 is 2.19 bits per heavy atom. The van der Waals surface area contributed by atoms with Gasteiger partial charge in [0.05, 0.1) is 0 Å². The molecule has 2 aromatic carbocycles. The van der Waals surface area contributed by atoms with E-state index in [2.05, 4.69) is 10.6 Å². The molecule has 2 aromatic rings. The molecule has 138 valence electrons. The van der Waals surface area contributed by atoms with Crippen molar-refractivity contribution in [2.24, 2.45) is 0 Å². The quantitative estimate of drug-likeness (QED) is 0.797. The molecule has 0 saturated heterocycles. The van der Waals surface area contributed by atoms with Gasteiger partial charge in [0.2, 0.25) is 5.91 Å². The molecule has 0 aliphatic carbocycles. The highest BCUT2D eigenvalue weighted by Crippen LogP contribution is 2.10. The Bertz CT molecular complexity index is 716. The number of hydrogen-bond donors (Lipinski definition) is 2. The summed E-state index contributed by atoms with van der Waals surface area (Å²) in [5, 5.41) is 5.37. The summed E-state index contributed by atoms with van der Waals surface area (Å²) in [7, 11) is 0. The average Bonchev–Trinajstić information content (AvgIpc) is 2.65. The zero-order valence-corrected chi connectivity index (χ0v) is 15.0. The second kappa shape index (κ2) is 9.56. The largest absolute Gasteiger partial charge is 0.341 e. The van der Waals surface area contributed by atoms with Crippen molar-refractivity contribution < 1.29 is 14.0 Å². The van der Waals surface area contributed by atoms with Crippen LogP contribution in [0.25, 0.3) is 0 Å². The maximum atomic E-state index is 13.0. The fraction of sp³-hybridized carbons (Fsp3) is 0.300. The van der Waals surface area contributed by atoms with E-state index in [0.717, 1.165) is 5.56 Å². The number of amides is 3. The molecule has 0 aliphatic rings. The number of hydrogen-bond acceptors (Lipinski definition) is 2. The van der Waals surface area contributed by atoms with Crippen molar-refractivity contribution in [3.63, 3.8) is 0 Å². The number of nitrogens with zero attached hydrogens (tertiary/aromatic N) is 1. The predicted octanol–water partition coefficient (Wildman–Crippen LogP) is 3.43. The minimum atomic E-state index is -0.683. The lowest BCUT2D eigenvalue weighted by molar-refractivity contribution is -0.132. The van der Waals surface area contributed by atoms with Crippen molar-refractivity contribution in [1.29, 1.82) is 0 Å². The molecule has 26 heavy (non-hydrogen) atoms. The van der Waals surface area contributed by atoms with Gasteiger partial charge in [-0.25, -0.2) is 9.18 Å². The Hall–Kier alpha value is -2.89. The second-order valence-electron chi connectivity index (χ2n) is 5.86. The van der Waals surface area contributed by atoms with Crippen LogP contribution >= 0.6 is 0 Å². The molecular formula is C20H24FN3O2. The van der Waals surface area contributed by atoms with Crippen LogP contribution < -0.4 is 10.6 Å². The van der Waals surface area contributed by atoms with Crippen molar-refractivity contribution >= 4 is 17.6 Å². The number of carbonyl (C=O) groups is 2. The molecule has 0 radical (unpaired) electrons. The molecule has 0 heterocycles. The van der Waals surface area contributed by atoms with E-state index in [1.165, 1.54) is 24.3 Å². The van der Waals surface area contributed by atoms with Gasteiger partial charge in [0.15, 0.2) is 0 Å². The van der Waals surface area contributed by atoms with E-state index in [0.29, 0.717) is 25.2 Å². The second-order valence-corrected chi connectivity index (χ2v) is 5.86. The van der Waals surface area contributed by atoms with Crippen LogP contribution in [0, 0.1) is 5.82 Å². The highest BCUT2D eigenvalue weighted by Gasteiger charge is 2.24. The van der Waals surface area contributed by atoms with E-state index in [-0.39, 0.29) is 11.7 Å². The van der Waals surface area contributed by atoms with E-state index >= 15 is 0 Å². The Morgan fingerprint density at radius 2 is 1.62 bits per heavy atom. The van der Waals surface area contributed by atoms with Crippen LogP contribution in [0.2, 0.25) is 0 Å². The number of nitrogens with one attached hydrogen (secondary N) is 2. The van der Waals surface area contributed by atoms with Crippen molar-refractivity contribution in [1.82, 2.24) is 10.2 Å². The molecule has 0 spiro atoms. The molecule has 0 saturated carbocycles. The summed E-state index contributed by atoms with van der Waals surface area (Å²) in [4.78, 5) is 26.8. The first-order chi connectivity index (χ1) is 12.5. The monoisotopic (exact) mass is 357 g/mol. The number of urea groups is 1. The van der Waals surface area contributed by atoms with Gasteiger partial charge in [0.1, 0.15) is 11.9 Å². The minimum absolute atomic E-state index is 0.131. The standard InChI is InChI=1S/C20H24FN3O2/c1-3-24(4-2)19(25)18(14-15-8-6-5-7-9-15)23-20(26)22-17-12-10-16(21)11-13-17/h5-13,18H,3-4,14H2,1-2H3,(H2,22,23,26). The van der Waals surface area contributed by atoms with Crippen LogP contribution in [0.3, 0.4) is 0 Å². The van der Waals surface area contributed by atoms with Gasteiger partial charge in [-0.1, -0.05) is 30.3 Å². The maximum Gasteiger partial charge on any atom is 0.319 e. The molecule has 0 aromatic heterocycles. The highest BCUT2D eigenvalue weighted by molar-refractivity contribution is 5.93. The van der Waals surface area contributed by atoms with Crippen LogP contribution in [0.5, 0.6) is 0 Å². The summed E-state index contributed by atoms with van der Waals surface area (Å²) in [6.07, 6.45) is 0.396. The van der Waals surface area contributed by atoms with Gasteiger partial charge in [0.25, 0.3) is 0 Å². The molecule has 1 unspecified atom stereocenters. The fourth-order valence-corrected chi connectivity index (χ4v) is 2.66. The molecule has 2 N–H and O–H groups in total. The molecule has 2 rings (SSSR count). The first-order valence-corrected chi connectivity index (χ1v) is 8.69. The number of carbonyl (C=O) groups excluding carboxylic acids is 2. The van der Waals surface area contributed by atoms with Gasteiger partial charge in [-0.05, 0) is 43.7 Å². The third-order valence-corrected chi connectivity index (χ3v) is 4.06. The lowest BCUT2D eigenvalue weighted by Gasteiger charge is -2.26. The summed E-state index contributed by atoms with van der Waals surface area (Å²) in [5.41, 5.74) is 1.41. The number of benzene rings is 2. The van der Waals surface area contributed by atoms with E-state index in [4.69, 9.17) is 0 Å². The normalized spacial score (nSPS) is 11.5. The average molecular weight is 357 g/mol. The lowest BCUT2D eigenvalue weighted by Crippen LogP contribution is -2.50. The molecule has 0 aliphatic heterocycles. The molecule has 6 heteroatoms. The topological polar surface area (TPSA) is 61.4 Å². The van der Waals surface area contributed by atoms with Gasteiger partial charge in [-0.2, -0.15) is 0 Å². The third-order valence-electron chi connectivity index (χ3n) is 4.06. The molecule has 0 fully saturated rings. The molecule has 5 nitrogen and oxygen atoms in total. The number of halogens is 1. The molecular weight excluding hydrogens is 333 g/mol. The highest BCUT2D eigenvalue weighted by atomic mass is 19.1. The first-order valence-electron chi connectivity index (χ1n) is 8.69. The lowest BCUT2D eigenvalue weighted by atomic mass is 10.0. The Kier molecular flexibility index (Phi) is 7.14. The van der Waals surface area contributed by atoms with E-state index in [1.54, 1.807) is 4.90 Å². The van der Waals surface area contributed by atoms with Crippen molar-refractivity contribution in [3.8, 4) is 0 Å². The molecule has 3 amide bonds. The zero-order valence-electron chi connectivity index (χ0n) is 15.0. The first kappa shape index (κ1) is 19.4. The van der Waals surface area contributed by atoms with Crippen LogP contribution in [0.4, 0.5) is 14.9 Å². The Balaban J connectivity index is 2.10. The van der Waals surface area contributed by atoms with Gasteiger partial charge in [-0.3, -0.25) is 4.79 Å². The van der Waals surface area contributed by atoms with Gasteiger partial charge < -0.3 is 15.5 Å². The molecule has 1 atom stereocenters. The van der Waals surface area contributed by atoms with Crippen LogP contribution in [0.1, 0.15) is 19.4 Å². The fourth-order valence-electron chi connectivity index (χ4n) is 2.66. The van der Waals surface area contributed by atoms with Crippen molar-refractivity contribution in [2.75, 3.05) is 18.4 Å². The summed E-state index contributed by atoms with van der Waals surface area (Å²) in [5.74, 6) is -0.511. The van der Waals surface area contributed by atoms with E-state index in [1.807, 2.05) is 44.2 Å². The van der Waals surface area contributed by atoms with E-state index in [9.17, 15) is 14.0 Å². The van der Waals surface area contributed by atoms with Gasteiger partial charge >= 0.3 is 6.03 Å². The van der Waals surface area contributed by atoms with Crippen molar-refractivity contribution in [2.45, 2.75) is 26.3 Å². The molecule has 0 bridgehead atoms. The van der Waals surface area contributed by atoms with Crippen LogP contribution in [-0.4, -0.2) is 36.0 Å². The smallest absolute Gasteiger partial charge is 0.319 e. The SMILES string of the molecule is CCN(CC)C(=O)C(Cc1ccccc1)NC(=O)Nc1ccc(F)cc1. The maximum absolute atomic E-state index is 13.0. The number of anilines is 1. The van der Waals surface area contributed by atoms with Gasteiger partial charge in [0, 0.05) is 25.2 Å². The summed E-state index contributed by atoms with van der Waals surface area (Å²) < 4.78 is 13.0. The van der Waals surface area contributed by atoms with E-state index < -0.39 is 12.1 Å². The van der Waals surface area contributed by atoms with Crippen LogP contribution in [0.15, 0.2) is 54.6 Å².